The lowest BCUT2D eigenvalue weighted by molar-refractivity contribution is 0.234. The number of aromatic nitrogens is 3. The molecule has 1 aliphatic rings. The summed E-state index contributed by atoms with van der Waals surface area (Å²) in [5.74, 6) is 1.62. The van der Waals surface area contributed by atoms with E-state index in [0.29, 0.717) is 13.1 Å². The molecule has 33 heavy (non-hydrogen) atoms. The minimum Gasteiger partial charge on any atom is -0.497 e. The van der Waals surface area contributed by atoms with Gasteiger partial charge >= 0.3 is 0 Å². The van der Waals surface area contributed by atoms with E-state index in [0.717, 1.165) is 64.8 Å². The van der Waals surface area contributed by atoms with Gasteiger partial charge in [0.15, 0.2) is 0 Å². The van der Waals surface area contributed by atoms with Crippen molar-refractivity contribution in [1.29, 1.82) is 0 Å². The first-order valence-electron chi connectivity index (χ1n) is 11.2. The zero-order valence-electron chi connectivity index (χ0n) is 19.2. The van der Waals surface area contributed by atoms with Crippen LogP contribution in [0.5, 0.6) is 5.75 Å². The molecule has 0 saturated heterocycles. The van der Waals surface area contributed by atoms with Gasteiger partial charge in [-0.05, 0) is 50.1 Å². The van der Waals surface area contributed by atoms with Crippen LogP contribution >= 0.6 is 0 Å². The molecule has 2 aromatic carbocycles. The summed E-state index contributed by atoms with van der Waals surface area (Å²) in [4.78, 5) is 15.9. The summed E-state index contributed by atoms with van der Waals surface area (Å²) in [5, 5.41) is 4.10. The highest BCUT2D eigenvalue weighted by molar-refractivity contribution is 5.39. The number of nitrogens with zero attached hydrogens (tertiary/aromatic N) is 4. The Labute approximate surface area is 192 Å². The van der Waals surface area contributed by atoms with Gasteiger partial charge in [-0.3, -0.25) is 14.4 Å². The van der Waals surface area contributed by atoms with Crippen molar-refractivity contribution in [3.05, 3.63) is 98.8 Å². The van der Waals surface area contributed by atoms with E-state index in [1.54, 1.807) is 7.11 Å². The number of hydrogen-bond acceptors (Lipinski definition) is 5. The Hall–Kier alpha value is -3.58. The third-order valence-corrected chi connectivity index (χ3v) is 6.46. The van der Waals surface area contributed by atoms with Gasteiger partial charge < -0.3 is 9.26 Å². The zero-order chi connectivity index (χ0) is 22.9. The lowest BCUT2D eigenvalue weighted by Crippen LogP contribution is -2.32. The zero-order valence-corrected chi connectivity index (χ0v) is 19.2. The number of benzene rings is 2. The third kappa shape index (κ3) is 4.00. The Morgan fingerprint density at radius 2 is 1.79 bits per heavy atom. The second-order valence-electron chi connectivity index (χ2n) is 8.55. The average molecular weight is 445 g/mol. The first kappa shape index (κ1) is 21.3. The summed E-state index contributed by atoms with van der Waals surface area (Å²) >= 11 is 0. The quantitative estimate of drug-likeness (QED) is 0.452. The SMILES string of the molecule is COc1ccc(-n2c(=O)c3c(n2Cc2ccccc2)CN(Cc2c(C)noc2C)CC3)cc1. The molecule has 5 rings (SSSR count). The second kappa shape index (κ2) is 8.75. The first-order chi connectivity index (χ1) is 16.0. The van der Waals surface area contributed by atoms with Crippen LogP contribution in [0.15, 0.2) is 63.9 Å². The van der Waals surface area contributed by atoms with Crippen LogP contribution in [0.1, 0.15) is 33.8 Å². The predicted octanol–water partition coefficient (Wildman–Crippen LogP) is 3.86. The van der Waals surface area contributed by atoms with Crippen LogP contribution in [0.25, 0.3) is 5.69 Å². The number of rotatable bonds is 6. The highest BCUT2D eigenvalue weighted by Gasteiger charge is 2.28. The number of ether oxygens (including phenoxy) is 1. The molecule has 0 amide bonds. The molecule has 0 fully saturated rings. The molecule has 0 N–H and O–H groups in total. The maximum atomic E-state index is 13.6. The molecule has 0 unspecified atom stereocenters. The largest absolute Gasteiger partial charge is 0.497 e. The molecular formula is C26H28N4O3. The average Bonchev–Trinajstić information content (AvgIpc) is 3.30. The van der Waals surface area contributed by atoms with Crippen molar-refractivity contribution < 1.29 is 9.26 Å². The molecule has 7 heteroatoms. The maximum Gasteiger partial charge on any atom is 0.274 e. The minimum absolute atomic E-state index is 0.0584. The molecule has 2 aromatic heterocycles. The molecule has 0 bridgehead atoms. The van der Waals surface area contributed by atoms with Gasteiger partial charge in [0.1, 0.15) is 11.5 Å². The van der Waals surface area contributed by atoms with E-state index in [2.05, 4.69) is 26.9 Å². The molecule has 3 heterocycles. The Bertz CT molecular complexity index is 1300. The van der Waals surface area contributed by atoms with Crippen molar-refractivity contribution in [2.24, 2.45) is 0 Å². The Kier molecular flexibility index (Phi) is 5.64. The minimum atomic E-state index is 0.0584. The Balaban J connectivity index is 1.56. The maximum absolute atomic E-state index is 13.6. The normalized spacial score (nSPS) is 13.8. The van der Waals surface area contributed by atoms with Crippen LogP contribution in [-0.4, -0.2) is 33.1 Å². The van der Waals surface area contributed by atoms with Crippen molar-refractivity contribution in [2.75, 3.05) is 13.7 Å². The molecule has 7 nitrogen and oxygen atoms in total. The Morgan fingerprint density at radius 1 is 1.03 bits per heavy atom. The molecule has 0 aliphatic carbocycles. The molecule has 1 aliphatic heterocycles. The van der Waals surface area contributed by atoms with E-state index in [-0.39, 0.29) is 5.56 Å². The van der Waals surface area contributed by atoms with Gasteiger partial charge in [0.05, 0.1) is 30.7 Å². The number of hydrogen-bond donors (Lipinski definition) is 0. The van der Waals surface area contributed by atoms with Gasteiger partial charge in [0, 0.05) is 30.8 Å². The van der Waals surface area contributed by atoms with Crippen molar-refractivity contribution >= 4 is 0 Å². The fraction of sp³-hybridized carbons (Fsp3) is 0.308. The number of fused-ring (bicyclic) bond motifs is 1. The topological polar surface area (TPSA) is 65.4 Å². The van der Waals surface area contributed by atoms with E-state index in [4.69, 9.17) is 9.26 Å². The van der Waals surface area contributed by atoms with Gasteiger partial charge in [0.25, 0.3) is 5.56 Å². The van der Waals surface area contributed by atoms with Gasteiger partial charge in [-0.2, -0.15) is 0 Å². The van der Waals surface area contributed by atoms with Gasteiger partial charge in [-0.25, -0.2) is 4.68 Å². The standard InChI is InChI=1S/C26H28N4O3/c1-18-24(19(2)33-27-18)16-28-14-13-23-25(17-28)29(15-20-7-5-4-6-8-20)30(26(23)31)21-9-11-22(32-3)12-10-21/h4-12H,13-17H2,1-3H3. The summed E-state index contributed by atoms with van der Waals surface area (Å²) in [6.45, 7) is 6.84. The number of aryl methyl sites for hydroxylation is 2. The van der Waals surface area contributed by atoms with Crippen LogP contribution in [-0.2, 0) is 26.1 Å². The molecule has 0 atom stereocenters. The lowest BCUT2D eigenvalue weighted by Gasteiger charge is -2.27. The van der Waals surface area contributed by atoms with Crippen molar-refractivity contribution in [3.8, 4) is 11.4 Å². The van der Waals surface area contributed by atoms with E-state index in [1.807, 2.05) is 61.0 Å². The summed E-state index contributed by atoms with van der Waals surface area (Å²) < 4.78 is 14.6. The monoisotopic (exact) mass is 444 g/mol. The van der Waals surface area contributed by atoms with Crippen molar-refractivity contribution in [2.45, 2.75) is 39.9 Å². The van der Waals surface area contributed by atoms with E-state index >= 15 is 0 Å². The summed E-state index contributed by atoms with van der Waals surface area (Å²) in [7, 11) is 1.64. The summed E-state index contributed by atoms with van der Waals surface area (Å²) in [6, 6.07) is 17.9. The predicted molar refractivity (Wildman–Crippen MR) is 126 cm³/mol. The fourth-order valence-electron chi connectivity index (χ4n) is 4.62. The van der Waals surface area contributed by atoms with Gasteiger partial charge in [-0.1, -0.05) is 35.5 Å². The Morgan fingerprint density at radius 3 is 2.45 bits per heavy atom. The van der Waals surface area contributed by atoms with E-state index in [1.165, 1.54) is 0 Å². The highest BCUT2D eigenvalue weighted by Crippen LogP contribution is 2.24. The molecule has 4 aromatic rings. The third-order valence-electron chi connectivity index (χ3n) is 6.46. The van der Waals surface area contributed by atoms with Crippen molar-refractivity contribution in [3.63, 3.8) is 0 Å². The lowest BCUT2D eigenvalue weighted by atomic mass is 10.1. The van der Waals surface area contributed by atoms with Crippen LogP contribution in [0.4, 0.5) is 0 Å². The van der Waals surface area contributed by atoms with Crippen LogP contribution in [0.2, 0.25) is 0 Å². The first-order valence-corrected chi connectivity index (χ1v) is 11.2. The molecular weight excluding hydrogens is 416 g/mol. The molecule has 0 radical (unpaired) electrons. The molecule has 170 valence electrons. The smallest absolute Gasteiger partial charge is 0.274 e. The van der Waals surface area contributed by atoms with E-state index in [9.17, 15) is 4.79 Å². The number of methoxy groups -OCH3 is 1. The highest BCUT2D eigenvalue weighted by atomic mass is 16.5. The van der Waals surface area contributed by atoms with Crippen molar-refractivity contribution in [1.82, 2.24) is 19.4 Å². The fourth-order valence-corrected chi connectivity index (χ4v) is 4.62. The summed E-state index contributed by atoms with van der Waals surface area (Å²) in [5.41, 5.74) is 6.07. The van der Waals surface area contributed by atoms with E-state index < -0.39 is 0 Å². The van der Waals surface area contributed by atoms with Crippen LogP contribution < -0.4 is 10.3 Å². The van der Waals surface area contributed by atoms with Crippen LogP contribution in [0, 0.1) is 13.8 Å². The van der Waals surface area contributed by atoms with Gasteiger partial charge in [0.2, 0.25) is 0 Å². The summed E-state index contributed by atoms with van der Waals surface area (Å²) in [6.07, 6.45) is 0.718. The molecule has 0 saturated carbocycles. The van der Waals surface area contributed by atoms with Crippen LogP contribution in [0.3, 0.4) is 0 Å². The molecule has 0 spiro atoms. The second-order valence-corrected chi connectivity index (χ2v) is 8.55. The van der Waals surface area contributed by atoms with Gasteiger partial charge in [-0.15, -0.1) is 0 Å².